The monoisotopic (exact) mass is 355 g/mol. The van der Waals surface area contributed by atoms with Crippen molar-refractivity contribution in [2.24, 2.45) is 0 Å². The van der Waals surface area contributed by atoms with Gasteiger partial charge in [0.05, 0.1) is 18.6 Å². The first-order valence-corrected chi connectivity index (χ1v) is 9.61. The van der Waals surface area contributed by atoms with Crippen molar-refractivity contribution in [1.82, 2.24) is 5.32 Å². The molecule has 2 rings (SSSR count). The molecule has 0 aromatic heterocycles. The van der Waals surface area contributed by atoms with E-state index in [1.54, 1.807) is 18.2 Å². The Hall–Kier alpha value is -1.67. The second-order valence-electron chi connectivity index (χ2n) is 4.80. The number of carboxylic acid groups (broad SMARTS) is 1. The predicted molar refractivity (Wildman–Crippen MR) is 89.9 cm³/mol. The molecule has 2 N–H and O–H groups in total. The summed E-state index contributed by atoms with van der Waals surface area (Å²) in [4.78, 5) is 34.1. The van der Waals surface area contributed by atoms with Gasteiger partial charge in [-0.3, -0.25) is 9.59 Å². The molecule has 0 fully saturated rings. The van der Waals surface area contributed by atoms with Gasteiger partial charge in [0, 0.05) is 30.0 Å². The molecule has 23 heavy (non-hydrogen) atoms. The number of esters is 1. The van der Waals surface area contributed by atoms with E-state index in [9.17, 15) is 14.4 Å². The smallest absolute Gasteiger partial charge is 0.338 e. The molecule has 0 saturated heterocycles. The van der Waals surface area contributed by atoms with Crippen LogP contribution < -0.4 is 5.32 Å². The highest BCUT2D eigenvalue weighted by Gasteiger charge is 2.20. The normalized spacial score (nSPS) is 13.1. The third kappa shape index (κ3) is 5.47. The van der Waals surface area contributed by atoms with Crippen LogP contribution in [0, 0.1) is 0 Å². The largest absolute Gasteiger partial charge is 0.481 e. The Kier molecular flexibility index (Phi) is 6.79. The van der Waals surface area contributed by atoms with Crippen molar-refractivity contribution >= 4 is 39.4 Å². The van der Waals surface area contributed by atoms with Crippen molar-refractivity contribution in [3.05, 3.63) is 34.9 Å². The van der Waals surface area contributed by atoms with Gasteiger partial charge in [0.25, 0.3) is 5.91 Å². The summed E-state index contributed by atoms with van der Waals surface area (Å²) in [5.74, 6) is -0.199. The third-order valence-electron chi connectivity index (χ3n) is 3.15. The molecule has 124 valence electrons. The fourth-order valence-electron chi connectivity index (χ4n) is 2.01. The Morgan fingerprint density at radius 2 is 2.04 bits per heavy atom. The van der Waals surface area contributed by atoms with Gasteiger partial charge in [-0.05, 0) is 17.7 Å². The van der Waals surface area contributed by atoms with Gasteiger partial charge in [-0.1, -0.05) is 27.7 Å². The van der Waals surface area contributed by atoms with Gasteiger partial charge in [0.2, 0.25) is 0 Å². The lowest BCUT2D eigenvalue weighted by Gasteiger charge is -2.16. The minimum atomic E-state index is -0.808. The van der Waals surface area contributed by atoms with E-state index in [4.69, 9.17) is 9.84 Å². The van der Waals surface area contributed by atoms with Gasteiger partial charge in [-0.25, -0.2) is 4.79 Å². The molecule has 6 nitrogen and oxygen atoms in total. The van der Waals surface area contributed by atoms with Gasteiger partial charge >= 0.3 is 11.9 Å². The van der Waals surface area contributed by atoms with Crippen LogP contribution >= 0.6 is 21.6 Å². The Morgan fingerprint density at radius 1 is 1.26 bits per heavy atom. The van der Waals surface area contributed by atoms with Crippen LogP contribution in [-0.2, 0) is 16.0 Å². The lowest BCUT2D eigenvalue weighted by Crippen LogP contribution is -2.26. The Labute approximate surface area is 141 Å². The second kappa shape index (κ2) is 8.83. The van der Waals surface area contributed by atoms with Crippen LogP contribution in [0.4, 0.5) is 0 Å². The maximum absolute atomic E-state index is 12.1. The maximum atomic E-state index is 12.1. The van der Waals surface area contributed by atoms with Crippen LogP contribution in [0.5, 0.6) is 0 Å². The molecule has 1 aromatic carbocycles. The maximum Gasteiger partial charge on any atom is 0.338 e. The molecule has 1 aromatic rings. The van der Waals surface area contributed by atoms with Crippen molar-refractivity contribution in [2.45, 2.75) is 12.8 Å². The zero-order valence-electron chi connectivity index (χ0n) is 12.4. The number of aliphatic carboxylic acids is 1. The predicted octanol–water partition coefficient (Wildman–Crippen LogP) is 1.99. The highest BCUT2D eigenvalue weighted by molar-refractivity contribution is 8.76. The zero-order valence-corrected chi connectivity index (χ0v) is 14.0. The number of hydrogen-bond donors (Lipinski definition) is 2. The molecule has 1 heterocycles. The molecule has 1 aliphatic heterocycles. The molecular weight excluding hydrogens is 338 g/mol. The van der Waals surface area contributed by atoms with Crippen LogP contribution in [0.1, 0.15) is 32.7 Å². The summed E-state index contributed by atoms with van der Waals surface area (Å²) in [5.41, 5.74) is 1.80. The quantitative estimate of drug-likeness (QED) is 0.418. The van der Waals surface area contributed by atoms with Gasteiger partial charge in [0.15, 0.2) is 0 Å². The van der Waals surface area contributed by atoms with Crippen LogP contribution in [0.15, 0.2) is 18.2 Å². The highest BCUT2D eigenvalue weighted by atomic mass is 33.1. The van der Waals surface area contributed by atoms with E-state index in [2.05, 4.69) is 5.32 Å². The number of amides is 1. The van der Waals surface area contributed by atoms with Crippen LogP contribution in [0.2, 0.25) is 0 Å². The van der Waals surface area contributed by atoms with Crippen LogP contribution in [0.3, 0.4) is 0 Å². The van der Waals surface area contributed by atoms with E-state index in [1.165, 1.54) is 21.6 Å². The highest BCUT2D eigenvalue weighted by Crippen LogP contribution is 2.21. The number of carboxylic acids is 1. The minimum absolute atomic E-state index is 0.134. The summed E-state index contributed by atoms with van der Waals surface area (Å²) in [6, 6.07) is 5.07. The van der Waals surface area contributed by atoms with Crippen molar-refractivity contribution in [2.75, 3.05) is 24.7 Å². The van der Waals surface area contributed by atoms with Crippen molar-refractivity contribution in [1.29, 1.82) is 0 Å². The molecule has 0 bridgehead atoms. The number of fused-ring (bicyclic) bond motifs is 1. The summed E-state index contributed by atoms with van der Waals surface area (Å²) in [7, 11) is 2.99. The first kappa shape index (κ1) is 17.7. The number of nitrogens with one attached hydrogen (secondary N) is 1. The minimum Gasteiger partial charge on any atom is -0.481 e. The second-order valence-corrected chi connectivity index (χ2v) is 7.50. The number of ether oxygens (including phenoxy) is 1. The summed E-state index contributed by atoms with van der Waals surface area (Å²) in [6.07, 6.45) is 0.808. The lowest BCUT2D eigenvalue weighted by molar-refractivity contribution is -0.136. The van der Waals surface area contributed by atoms with Gasteiger partial charge in [0.1, 0.15) is 0 Å². The molecule has 0 atom stereocenters. The van der Waals surface area contributed by atoms with E-state index in [0.29, 0.717) is 42.2 Å². The summed E-state index contributed by atoms with van der Waals surface area (Å²) < 4.78 is 4.97. The molecule has 0 unspecified atom stereocenters. The van der Waals surface area contributed by atoms with E-state index in [1.807, 2.05) is 0 Å². The molecule has 0 aliphatic carbocycles. The topological polar surface area (TPSA) is 92.7 Å². The van der Waals surface area contributed by atoms with E-state index in [0.717, 1.165) is 5.56 Å². The van der Waals surface area contributed by atoms with Crippen LogP contribution in [0.25, 0.3) is 0 Å². The fraction of sp³-hybridized carbons (Fsp3) is 0.400. The molecule has 0 radical (unpaired) electrons. The first-order chi connectivity index (χ1) is 11.1. The Bertz CT molecular complexity index is 606. The number of benzene rings is 1. The van der Waals surface area contributed by atoms with E-state index in [-0.39, 0.29) is 18.3 Å². The average Bonchev–Trinajstić information content (AvgIpc) is 2.53. The number of hydrogen-bond acceptors (Lipinski definition) is 6. The number of carbonyl (C=O) groups excluding carboxylic acids is 2. The van der Waals surface area contributed by atoms with Crippen LogP contribution in [-0.4, -0.2) is 47.6 Å². The molecule has 8 heteroatoms. The van der Waals surface area contributed by atoms with Gasteiger partial charge in [-0.2, -0.15) is 0 Å². The Morgan fingerprint density at radius 3 is 2.83 bits per heavy atom. The SMILES string of the molecule is O=C(O)CCSSCCNC(=O)c1ccc2c(c1)C(=O)OCC2. The molecule has 1 aliphatic rings. The van der Waals surface area contributed by atoms with E-state index < -0.39 is 5.97 Å². The zero-order chi connectivity index (χ0) is 16.7. The molecular formula is C15H17NO5S2. The number of rotatable bonds is 8. The molecule has 0 spiro atoms. The fourth-order valence-corrected chi connectivity index (χ4v) is 3.90. The summed E-state index contributed by atoms with van der Waals surface area (Å²) in [5, 5.41) is 11.3. The Balaban J connectivity index is 1.75. The standard InChI is InChI=1S/C15H17NO5S2/c17-13(18)4-7-22-23-8-5-16-14(19)11-2-1-10-3-6-21-15(20)12(10)9-11/h1-2,9H,3-8H2,(H,16,19)(H,17,18). The summed E-state index contributed by atoms with van der Waals surface area (Å²) in [6.45, 7) is 0.860. The average molecular weight is 355 g/mol. The van der Waals surface area contributed by atoms with Crippen molar-refractivity contribution in [3.63, 3.8) is 0 Å². The first-order valence-electron chi connectivity index (χ1n) is 7.12. The van der Waals surface area contributed by atoms with Crippen molar-refractivity contribution < 1.29 is 24.2 Å². The van der Waals surface area contributed by atoms with E-state index >= 15 is 0 Å². The molecule has 0 saturated carbocycles. The lowest BCUT2D eigenvalue weighted by atomic mass is 10.00. The van der Waals surface area contributed by atoms with Gasteiger partial charge < -0.3 is 15.2 Å². The van der Waals surface area contributed by atoms with Crippen molar-refractivity contribution in [3.8, 4) is 0 Å². The summed E-state index contributed by atoms with van der Waals surface area (Å²) >= 11 is 0. The molecule has 1 amide bonds. The number of cyclic esters (lactones) is 1. The number of carbonyl (C=O) groups is 3. The third-order valence-corrected chi connectivity index (χ3v) is 5.56. The van der Waals surface area contributed by atoms with Gasteiger partial charge in [-0.15, -0.1) is 0 Å².